The summed E-state index contributed by atoms with van der Waals surface area (Å²) >= 11 is 0. The molecule has 0 aliphatic heterocycles. The standard InChI is InChI=1S/C56H30N8/c57-31-35-13-17-38(18-14-35)49-30-50(62-56(61-49)40-19-15-36(32-58)16-20-40)39-23-21-37(22-24-39)47-27-42(34-60)55(28-41(47)33-59)64-53-12-6-3-9-46(53)48-29-43(25-26-54(48)64)63-51-10-4-1-7-44(51)45-8-2-5-11-52(45)63/h1-30H. The van der Waals surface area contributed by atoms with Crippen LogP contribution in [0.15, 0.2) is 182 Å². The number of nitriles is 4. The SMILES string of the molecule is N#Cc1ccc(-c2cc(-c3ccc(-c4cc(C#N)c(-n5c6ccccc6c6cc(-n7c8ccccc8c8ccccc87)ccc65)cc4C#N)cc3)nc(-c3ccc(C#N)cc3)n2)cc1. The van der Waals surface area contributed by atoms with Crippen LogP contribution >= 0.6 is 0 Å². The highest BCUT2D eigenvalue weighted by Gasteiger charge is 2.20. The first-order chi connectivity index (χ1) is 31.5. The van der Waals surface area contributed by atoms with Gasteiger partial charge in [-0.2, -0.15) is 21.0 Å². The summed E-state index contributed by atoms with van der Waals surface area (Å²) in [5.74, 6) is 0.486. The van der Waals surface area contributed by atoms with Gasteiger partial charge in [-0.25, -0.2) is 9.97 Å². The number of rotatable bonds is 6. The maximum Gasteiger partial charge on any atom is 0.160 e. The van der Waals surface area contributed by atoms with E-state index in [2.05, 4.69) is 112 Å². The molecule has 0 N–H and O–H groups in total. The normalized spacial score (nSPS) is 11.1. The van der Waals surface area contributed by atoms with Crippen LogP contribution < -0.4 is 0 Å². The molecule has 0 bridgehead atoms. The third kappa shape index (κ3) is 6.12. The topological polar surface area (TPSA) is 131 Å². The Kier molecular flexibility index (Phi) is 8.85. The predicted octanol–water partition coefficient (Wildman–Crippen LogP) is 12.8. The molecule has 8 aromatic carbocycles. The summed E-state index contributed by atoms with van der Waals surface area (Å²) in [5, 5.41) is 44.7. The lowest BCUT2D eigenvalue weighted by Gasteiger charge is -2.14. The molecule has 294 valence electrons. The zero-order valence-corrected chi connectivity index (χ0v) is 33.9. The van der Waals surface area contributed by atoms with E-state index in [9.17, 15) is 21.0 Å². The maximum absolute atomic E-state index is 10.8. The van der Waals surface area contributed by atoms with Crippen molar-refractivity contribution in [3.8, 4) is 80.7 Å². The number of aromatic nitrogens is 4. The zero-order chi connectivity index (χ0) is 43.3. The highest BCUT2D eigenvalue weighted by molar-refractivity contribution is 6.12. The van der Waals surface area contributed by atoms with Crippen LogP contribution in [-0.4, -0.2) is 19.1 Å². The summed E-state index contributed by atoms with van der Waals surface area (Å²) < 4.78 is 4.40. The van der Waals surface area contributed by atoms with Crippen molar-refractivity contribution in [2.24, 2.45) is 0 Å². The number of para-hydroxylation sites is 3. The molecule has 0 unspecified atom stereocenters. The van der Waals surface area contributed by atoms with E-state index in [1.54, 1.807) is 24.3 Å². The van der Waals surface area contributed by atoms with Crippen LogP contribution in [0.1, 0.15) is 22.3 Å². The Morgan fingerprint density at radius 3 is 1.38 bits per heavy atom. The molecular formula is C56H30N8. The monoisotopic (exact) mass is 814 g/mol. The molecule has 0 aliphatic rings. The minimum absolute atomic E-state index is 0.433. The summed E-state index contributed by atoms with van der Waals surface area (Å²) in [6.07, 6.45) is 0. The number of nitrogens with zero attached hydrogens (tertiary/aromatic N) is 8. The number of fused-ring (bicyclic) bond motifs is 6. The summed E-state index contributed by atoms with van der Waals surface area (Å²) in [6.45, 7) is 0. The van der Waals surface area contributed by atoms with E-state index in [1.807, 2.05) is 78.9 Å². The van der Waals surface area contributed by atoms with E-state index in [4.69, 9.17) is 9.97 Å². The van der Waals surface area contributed by atoms with E-state index in [1.165, 1.54) is 10.8 Å². The Balaban J connectivity index is 1.01. The first-order valence-corrected chi connectivity index (χ1v) is 20.5. The Hall–Kier alpha value is -9.60. The zero-order valence-electron chi connectivity index (χ0n) is 33.9. The molecule has 0 saturated carbocycles. The summed E-state index contributed by atoms with van der Waals surface area (Å²) in [6, 6.07) is 68.5. The molecule has 0 aliphatic carbocycles. The minimum Gasteiger partial charge on any atom is -0.309 e. The fourth-order valence-electron chi connectivity index (χ4n) is 8.86. The third-order valence-corrected chi connectivity index (χ3v) is 11.9. The van der Waals surface area contributed by atoms with Crippen LogP contribution in [0.3, 0.4) is 0 Å². The molecule has 64 heavy (non-hydrogen) atoms. The Labute approximate surface area is 367 Å². The largest absolute Gasteiger partial charge is 0.309 e. The maximum atomic E-state index is 10.8. The van der Waals surface area contributed by atoms with Gasteiger partial charge in [-0.15, -0.1) is 0 Å². The van der Waals surface area contributed by atoms with Crippen molar-refractivity contribution in [3.05, 3.63) is 204 Å². The molecule has 3 aromatic heterocycles. The van der Waals surface area contributed by atoms with Crippen molar-refractivity contribution in [1.29, 1.82) is 21.0 Å². The van der Waals surface area contributed by atoms with E-state index in [-0.39, 0.29) is 0 Å². The van der Waals surface area contributed by atoms with Gasteiger partial charge in [-0.05, 0) is 96.6 Å². The van der Waals surface area contributed by atoms with Gasteiger partial charge < -0.3 is 9.13 Å². The fourth-order valence-corrected chi connectivity index (χ4v) is 8.86. The highest BCUT2D eigenvalue weighted by atomic mass is 15.0. The van der Waals surface area contributed by atoms with E-state index in [0.29, 0.717) is 50.7 Å². The third-order valence-electron chi connectivity index (χ3n) is 11.9. The molecule has 0 spiro atoms. The molecule has 11 aromatic rings. The average molecular weight is 815 g/mol. The first kappa shape index (κ1) is 37.4. The first-order valence-electron chi connectivity index (χ1n) is 20.5. The van der Waals surface area contributed by atoms with Crippen molar-refractivity contribution in [2.45, 2.75) is 0 Å². The second-order valence-electron chi connectivity index (χ2n) is 15.5. The van der Waals surface area contributed by atoms with E-state index < -0.39 is 0 Å². The van der Waals surface area contributed by atoms with Crippen LogP contribution in [0.2, 0.25) is 0 Å². The van der Waals surface area contributed by atoms with Crippen LogP contribution in [0, 0.1) is 45.3 Å². The van der Waals surface area contributed by atoms with Gasteiger partial charge in [0.15, 0.2) is 5.82 Å². The van der Waals surface area contributed by atoms with Crippen molar-refractivity contribution in [3.63, 3.8) is 0 Å². The van der Waals surface area contributed by atoms with Gasteiger partial charge >= 0.3 is 0 Å². The summed E-state index contributed by atoms with van der Waals surface area (Å²) in [4.78, 5) is 9.82. The van der Waals surface area contributed by atoms with E-state index in [0.717, 1.165) is 60.8 Å². The highest BCUT2D eigenvalue weighted by Crippen LogP contribution is 2.39. The average Bonchev–Trinajstić information content (AvgIpc) is 3.88. The van der Waals surface area contributed by atoms with Crippen molar-refractivity contribution in [1.82, 2.24) is 19.1 Å². The van der Waals surface area contributed by atoms with Gasteiger partial charge in [0.2, 0.25) is 0 Å². The number of hydrogen-bond donors (Lipinski definition) is 0. The number of hydrogen-bond acceptors (Lipinski definition) is 6. The lowest BCUT2D eigenvalue weighted by molar-refractivity contribution is 1.15. The minimum atomic E-state index is 0.433. The second kappa shape index (κ2) is 15.1. The van der Waals surface area contributed by atoms with Crippen LogP contribution in [0.25, 0.3) is 100 Å². The molecule has 8 heteroatoms. The lowest BCUT2D eigenvalue weighted by atomic mass is 9.95. The van der Waals surface area contributed by atoms with Gasteiger partial charge in [0, 0.05) is 49.5 Å². The molecule has 8 nitrogen and oxygen atoms in total. The van der Waals surface area contributed by atoms with E-state index >= 15 is 0 Å². The van der Waals surface area contributed by atoms with Crippen LogP contribution in [-0.2, 0) is 0 Å². The molecular weight excluding hydrogens is 785 g/mol. The molecule has 3 heterocycles. The van der Waals surface area contributed by atoms with Gasteiger partial charge in [-0.1, -0.05) is 91.0 Å². The van der Waals surface area contributed by atoms with Gasteiger partial charge in [0.05, 0.1) is 79.6 Å². The Morgan fingerprint density at radius 1 is 0.359 bits per heavy atom. The van der Waals surface area contributed by atoms with Crippen LogP contribution in [0.4, 0.5) is 0 Å². The number of benzene rings is 8. The van der Waals surface area contributed by atoms with Crippen molar-refractivity contribution in [2.75, 3.05) is 0 Å². The quantitative estimate of drug-likeness (QED) is 0.164. The Bertz CT molecular complexity index is 3740. The van der Waals surface area contributed by atoms with Crippen molar-refractivity contribution < 1.29 is 0 Å². The molecule has 11 rings (SSSR count). The predicted molar refractivity (Wildman–Crippen MR) is 251 cm³/mol. The Morgan fingerprint density at radius 2 is 0.828 bits per heavy atom. The summed E-state index contributed by atoms with van der Waals surface area (Å²) in [7, 11) is 0. The summed E-state index contributed by atoms with van der Waals surface area (Å²) in [5.41, 5.74) is 12.9. The molecule has 0 saturated heterocycles. The van der Waals surface area contributed by atoms with Gasteiger partial charge in [0.1, 0.15) is 6.07 Å². The van der Waals surface area contributed by atoms with Gasteiger partial charge in [0.25, 0.3) is 0 Å². The lowest BCUT2D eigenvalue weighted by Crippen LogP contribution is -2.01. The van der Waals surface area contributed by atoms with Gasteiger partial charge in [-0.3, -0.25) is 0 Å². The van der Waals surface area contributed by atoms with Crippen LogP contribution in [0.5, 0.6) is 0 Å². The molecule has 0 amide bonds. The molecule has 0 atom stereocenters. The molecule has 0 fully saturated rings. The fraction of sp³-hybridized carbons (Fsp3) is 0. The molecule has 0 radical (unpaired) electrons. The second-order valence-corrected chi connectivity index (χ2v) is 15.5. The smallest absolute Gasteiger partial charge is 0.160 e. The van der Waals surface area contributed by atoms with Crippen molar-refractivity contribution >= 4 is 43.6 Å².